The monoisotopic (exact) mass is 246 g/mol. The van der Waals surface area contributed by atoms with Gasteiger partial charge in [0.2, 0.25) is 5.91 Å². The number of rotatable bonds is 1. The molecule has 0 radical (unpaired) electrons. The van der Waals surface area contributed by atoms with Crippen molar-refractivity contribution in [3.8, 4) is 0 Å². The second-order valence-corrected chi connectivity index (χ2v) is 5.49. The van der Waals surface area contributed by atoms with Crippen molar-refractivity contribution in [2.45, 2.75) is 33.1 Å². The highest BCUT2D eigenvalue weighted by Crippen LogP contribution is 2.29. The number of likely N-dealkylation sites (tertiary alicyclic amines) is 1. The third-order valence-corrected chi connectivity index (χ3v) is 3.83. The Labute approximate surface area is 104 Å². The van der Waals surface area contributed by atoms with Crippen LogP contribution >= 0.6 is 12.4 Å². The minimum atomic E-state index is -0.128. The molecule has 2 fully saturated rings. The Kier molecular flexibility index (Phi) is 4.62. The fraction of sp³-hybridized carbons (Fsp3) is 0.917. The molecular formula is C12H23ClN2O. The van der Waals surface area contributed by atoms with Gasteiger partial charge in [0, 0.05) is 19.6 Å². The van der Waals surface area contributed by atoms with Crippen LogP contribution in [0.5, 0.6) is 0 Å². The van der Waals surface area contributed by atoms with Gasteiger partial charge in [-0.25, -0.2) is 0 Å². The van der Waals surface area contributed by atoms with E-state index in [0.29, 0.717) is 11.8 Å². The molecule has 0 aromatic heterocycles. The molecule has 1 N–H and O–H groups in total. The van der Waals surface area contributed by atoms with Crippen molar-refractivity contribution >= 4 is 18.3 Å². The summed E-state index contributed by atoms with van der Waals surface area (Å²) in [6.07, 6.45) is 3.45. The lowest BCUT2D eigenvalue weighted by molar-refractivity contribution is -0.142. The van der Waals surface area contributed by atoms with Crippen LogP contribution in [0.3, 0.4) is 0 Å². The average Bonchev–Trinajstić information content (AvgIpc) is 2.65. The van der Waals surface area contributed by atoms with Crippen molar-refractivity contribution < 1.29 is 4.79 Å². The van der Waals surface area contributed by atoms with Gasteiger partial charge in [-0.3, -0.25) is 4.79 Å². The molecule has 2 aliphatic rings. The summed E-state index contributed by atoms with van der Waals surface area (Å²) in [6.45, 7) is 8.14. The Hall–Kier alpha value is -0.280. The first-order chi connectivity index (χ1) is 7.12. The fourth-order valence-corrected chi connectivity index (χ4v) is 2.76. The molecule has 4 heteroatoms. The van der Waals surface area contributed by atoms with Crippen LogP contribution in [0.2, 0.25) is 0 Å². The first-order valence-electron chi connectivity index (χ1n) is 6.12. The summed E-state index contributed by atoms with van der Waals surface area (Å²) in [5.41, 5.74) is -0.128. The Morgan fingerprint density at radius 2 is 2.25 bits per heavy atom. The number of nitrogens with zero attached hydrogens (tertiary/aromatic N) is 1. The largest absolute Gasteiger partial charge is 0.342 e. The highest BCUT2D eigenvalue weighted by molar-refractivity contribution is 5.85. The SMILES string of the molecule is CC1CCCN(C(=O)C2(C)CCNC2)C1.Cl. The number of nitrogens with one attached hydrogen (secondary N) is 1. The second kappa shape index (κ2) is 5.37. The third kappa shape index (κ3) is 2.69. The number of amides is 1. The zero-order valence-electron chi connectivity index (χ0n) is 10.3. The molecule has 0 saturated carbocycles. The summed E-state index contributed by atoms with van der Waals surface area (Å²) in [5.74, 6) is 1.06. The fourth-order valence-electron chi connectivity index (χ4n) is 2.76. The Morgan fingerprint density at radius 1 is 1.50 bits per heavy atom. The van der Waals surface area contributed by atoms with Gasteiger partial charge in [0.05, 0.1) is 5.41 Å². The third-order valence-electron chi connectivity index (χ3n) is 3.83. The summed E-state index contributed by atoms with van der Waals surface area (Å²) in [7, 11) is 0. The van der Waals surface area contributed by atoms with Crippen LogP contribution in [0.15, 0.2) is 0 Å². The van der Waals surface area contributed by atoms with Crippen molar-refractivity contribution in [3.63, 3.8) is 0 Å². The van der Waals surface area contributed by atoms with Crippen LogP contribution in [0, 0.1) is 11.3 Å². The van der Waals surface area contributed by atoms with Crippen LogP contribution in [0.4, 0.5) is 0 Å². The molecule has 16 heavy (non-hydrogen) atoms. The van der Waals surface area contributed by atoms with Gasteiger partial charge in [0.15, 0.2) is 0 Å². The first-order valence-corrected chi connectivity index (χ1v) is 6.12. The van der Waals surface area contributed by atoms with Gasteiger partial charge in [-0.2, -0.15) is 0 Å². The highest BCUT2D eigenvalue weighted by atomic mass is 35.5. The molecule has 2 rings (SSSR count). The molecule has 2 atom stereocenters. The second-order valence-electron chi connectivity index (χ2n) is 5.49. The highest BCUT2D eigenvalue weighted by Gasteiger charge is 2.39. The van der Waals surface area contributed by atoms with Crippen LogP contribution in [0.1, 0.15) is 33.1 Å². The number of hydrogen-bond donors (Lipinski definition) is 1. The molecule has 2 unspecified atom stereocenters. The summed E-state index contributed by atoms with van der Waals surface area (Å²) in [5, 5.41) is 3.30. The van der Waals surface area contributed by atoms with Crippen LogP contribution in [0.25, 0.3) is 0 Å². The maximum Gasteiger partial charge on any atom is 0.229 e. The molecule has 2 saturated heterocycles. The van der Waals surface area contributed by atoms with Crippen LogP contribution in [-0.2, 0) is 4.79 Å². The van der Waals surface area contributed by atoms with E-state index in [0.717, 1.165) is 32.6 Å². The molecule has 94 valence electrons. The lowest BCUT2D eigenvalue weighted by Crippen LogP contribution is -2.47. The molecule has 0 aromatic rings. The summed E-state index contributed by atoms with van der Waals surface area (Å²) in [4.78, 5) is 14.4. The molecule has 0 spiro atoms. The van der Waals surface area contributed by atoms with Gasteiger partial charge in [-0.05, 0) is 38.6 Å². The van der Waals surface area contributed by atoms with Crippen molar-refractivity contribution in [2.75, 3.05) is 26.2 Å². The first kappa shape index (κ1) is 13.8. The molecule has 1 amide bonds. The van der Waals surface area contributed by atoms with E-state index in [2.05, 4.69) is 24.1 Å². The van der Waals surface area contributed by atoms with Crippen LogP contribution < -0.4 is 5.32 Å². The number of carbonyl (C=O) groups excluding carboxylic acids is 1. The lowest BCUT2D eigenvalue weighted by Gasteiger charge is -2.36. The zero-order valence-corrected chi connectivity index (χ0v) is 11.1. The van der Waals surface area contributed by atoms with Crippen molar-refractivity contribution in [1.29, 1.82) is 0 Å². The van der Waals surface area contributed by atoms with Crippen molar-refractivity contribution in [2.24, 2.45) is 11.3 Å². The molecule has 2 aliphatic heterocycles. The van der Waals surface area contributed by atoms with E-state index in [1.165, 1.54) is 12.8 Å². The molecule has 3 nitrogen and oxygen atoms in total. The van der Waals surface area contributed by atoms with Gasteiger partial charge >= 0.3 is 0 Å². The Bertz CT molecular complexity index is 251. The Balaban J connectivity index is 0.00000128. The van der Waals surface area contributed by atoms with Crippen LogP contribution in [-0.4, -0.2) is 37.0 Å². The van der Waals surface area contributed by atoms with Gasteiger partial charge in [-0.15, -0.1) is 12.4 Å². The topological polar surface area (TPSA) is 32.3 Å². The Morgan fingerprint density at radius 3 is 2.81 bits per heavy atom. The molecule has 2 heterocycles. The zero-order chi connectivity index (χ0) is 10.9. The van der Waals surface area contributed by atoms with E-state index in [9.17, 15) is 4.79 Å². The number of piperidine rings is 1. The number of carbonyl (C=O) groups is 1. The molecular weight excluding hydrogens is 224 g/mol. The average molecular weight is 247 g/mol. The van der Waals surface area contributed by atoms with Gasteiger partial charge in [0.1, 0.15) is 0 Å². The van der Waals surface area contributed by atoms with Crippen molar-refractivity contribution in [1.82, 2.24) is 10.2 Å². The number of hydrogen-bond acceptors (Lipinski definition) is 2. The normalized spacial score (nSPS) is 34.6. The van der Waals surface area contributed by atoms with Gasteiger partial charge in [0.25, 0.3) is 0 Å². The van der Waals surface area contributed by atoms with Crippen molar-refractivity contribution in [3.05, 3.63) is 0 Å². The lowest BCUT2D eigenvalue weighted by atomic mass is 9.86. The molecule has 0 bridgehead atoms. The quantitative estimate of drug-likeness (QED) is 0.764. The standard InChI is InChI=1S/C12H22N2O.ClH/c1-10-4-3-7-14(8-10)11(15)12(2)5-6-13-9-12;/h10,13H,3-9H2,1-2H3;1H. The van der Waals surface area contributed by atoms with E-state index in [4.69, 9.17) is 0 Å². The molecule has 0 aliphatic carbocycles. The smallest absolute Gasteiger partial charge is 0.229 e. The van der Waals surface area contributed by atoms with E-state index in [1.54, 1.807) is 0 Å². The molecule has 0 aromatic carbocycles. The number of halogens is 1. The van der Waals surface area contributed by atoms with E-state index >= 15 is 0 Å². The summed E-state index contributed by atoms with van der Waals surface area (Å²) in [6, 6.07) is 0. The summed E-state index contributed by atoms with van der Waals surface area (Å²) < 4.78 is 0. The summed E-state index contributed by atoms with van der Waals surface area (Å²) >= 11 is 0. The van der Waals surface area contributed by atoms with E-state index in [1.807, 2.05) is 0 Å². The maximum absolute atomic E-state index is 12.4. The minimum Gasteiger partial charge on any atom is -0.342 e. The van der Waals surface area contributed by atoms with E-state index < -0.39 is 0 Å². The maximum atomic E-state index is 12.4. The van der Waals surface area contributed by atoms with Gasteiger partial charge < -0.3 is 10.2 Å². The van der Waals surface area contributed by atoms with Gasteiger partial charge in [-0.1, -0.05) is 6.92 Å². The van der Waals surface area contributed by atoms with E-state index in [-0.39, 0.29) is 17.8 Å². The predicted octanol–water partition coefficient (Wildman–Crippen LogP) is 1.67. The minimum absolute atomic E-state index is 0. The predicted molar refractivity (Wildman–Crippen MR) is 67.8 cm³/mol.